The van der Waals surface area contributed by atoms with E-state index < -0.39 is 0 Å². The van der Waals surface area contributed by atoms with Crippen LogP contribution in [-0.4, -0.2) is 39.3 Å². The highest BCUT2D eigenvalue weighted by atomic mass is 32.1. The van der Waals surface area contributed by atoms with E-state index in [0.29, 0.717) is 10.8 Å². The van der Waals surface area contributed by atoms with Gasteiger partial charge in [0.2, 0.25) is 5.91 Å². The largest absolute Gasteiger partial charge is 0.375 e. The maximum Gasteiger partial charge on any atom is 0.250 e. The van der Waals surface area contributed by atoms with Crippen molar-refractivity contribution in [3.05, 3.63) is 102 Å². The highest BCUT2D eigenvalue weighted by molar-refractivity contribution is 7.80. The summed E-state index contributed by atoms with van der Waals surface area (Å²) < 4.78 is 6.98. The molecule has 3 aromatic heterocycles. The molecular weight excluding hydrogens is 472 g/mol. The molecule has 5 rings (SSSR count). The van der Waals surface area contributed by atoms with E-state index in [-0.39, 0.29) is 24.6 Å². The molecule has 4 aromatic rings. The Kier molecular flexibility index (Phi) is 6.75. The molecule has 1 saturated heterocycles. The molecule has 1 aliphatic rings. The summed E-state index contributed by atoms with van der Waals surface area (Å²) in [5.74, 6) is 0.620. The minimum Gasteiger partial charge on any atom is -0.375 e. The second kappa shape index (κ2) is 10.3. The standard InChI is InChI=1S/C27H26N6O2S/c1-18-8-13-23(29-16-18)32-15-5-7-22(32)26-25(21-6-3-4-14-28-21)31-27(36)33(26)20-11-9-19(10-12-20)30-24(34)17-35-2/h3-16,25-26H,17H2,1-2H3,(H,30,34)(H,31,36)/t25-,26+/m0/s1. The molecule has 0 bridgehead atoms. The summed E-state index contributed by atoms with van der Waals surface area (Å²) >= 11 is 5.84. The minimum atomic E-state index is -0.208. The van der Waals surface area contributed by atoms with Crippen molar-refractivity contribution in [2.75, 3.05) is 23.9 Å². The predicted octanol–water partition coefficient (Wildman–Crippen LogP) is 4.34. The summed E-state index contributed by atoms with van der Waals surface area (Å²) in [6.07, 6.45) is 5.66. The molecule has 1 amide bonds. The van der Waals surface area contributed by atoms with Crippen LogP contribution in [-0.2, 0) is 9.53 Å². The number of carbonyl (C=O) groups is 1. The minimum absolute atomic E-state index is 0.000250. The zero-order valence-electron chi connectivity index (χ0n) is 20.0. The molecule has 2 N–H and O–H groups in total. The molecule has 0 aliphatic carbocycles. The number of pyridine rings is 2. The van der Waals surface area contributed by atoms with E-state index in [9.17, 15) is 4.79 Å². The van der Waals surface area contributed by atoms with Crippen molar-refractivity contribution in [2.24, 2.45) is 0 Å². The number of nitrogens with zero attached hydrogens (tertiary/aromatic N) is 4. The van der Waals surface area contributed by atoms with Crippen LogP contribution in [0.5, 0.6) is 0 Å². The molecule has 0 saturated carbocycles. The van der Waals surface area contributed by atoms with Crippen LogP contribution < -0.4 is 15.5 Å². The lowest BCUT2D eigenvalue weighted by Crippen LogP contribution is -2.30. The number of aromatic nitrogens is 3. The van der Waals surface area contributed by atoms with Crippen molar-refractivity contribution >= 4 is 34.6 Å². The molecule has 36 heavy (non-hydrogen) atoms. The number of rotatable bonds is 7. The number of hydrogen-bond donors (Lipinski definition) is 2. The topological polar surface area (TPSA) is 84.3 Å². The normalized spacial score (nSPS) is 17.2. The summed E-state index contributed by atoms with van der Waals surface area (Å²) in [4.78, 5) is 23.3. The van der Waals surface area contributed by atoms with Gasteiger partial charge < -0.3 is 24.8 Å². The first-order valence-electron chi connectivity index (χ1n) is 11.5. The molecule has 1 aliphatic heterocycles. The van der Waals surface area contributed by atoms with Crippen molar-refractivity contribution in [1.82, 2.24) is 19.9 Å². The molecule has 182 valence electrons. The number of benzene rings is 1. The van der Waals surface area contributed by atoms with E-state index >= 15 is 0 Å². The molecule has 2 atom stereocenters. The summed E-state index contributed by atoms with van der Waals surface area (Å²) in [6.45, 7) is 2.02. The van der Waals surface area contributed by atoms with Gasteiger partial charge in [-0.1, -0.05) is 12.1 Å². The molecule has 0 radical (unpaired) electrons. The smallest absolute Gasteiger partial charge is 0.250 e. The first kappa shape index (κ1) is 23.7. The van der Waals surface area contributed by atoms with E-state index in [1.165, 1.54) is 7.11 Å². The second-order valence-electron chi connectivity index (χ2n) is 8.52. The van der Waals surface area contributed by atoms with Crippen molar-refractivity contribution in [3.8, 4) is 5.82 Å². The number of anilines is 2. The Morgan fingerprint density at radius 3 is 2.61 bits per heavy atom. The number of aryl methyl sites for hydroxylation is 1. The molecule has 1 fully saturated rings. The number of ether oxygens (including phenoxy) is 1. The average molecular weight is 499 g/mol. The number of methoxy groups -OCH3 is 1. The van der Waals surface area contributed by atoms with E-state index in [2.05, 4.69) is 36.1 Å². The van der Waals surface area contributed by atoms with Crippen LogP contribution in [0.3, 0.4) is 0 Å². The Labute approximate surface area is 215 Å². The molecule has 1 aromatic carbocycles. The quantitative estimate of drug-likeness (QED) is 0.367. The fourth-order valence-electron chi connectivity index (χ4n) is 4.41. The van der Waals surface area contributed by atoms with Gasteiger partial charge in [-0.05, 0) is 79.3 Å². The van der Waals surface area contributed by atoms with E-state index in [1.807, 2.05) is 80.0 Å². The molecule has 4 heterocycles. The van der Waals surface area contributed by atoms with E-state index in [4.69, 9.17) is 17.0 Å². The van der Waals surface area contributed by atoms with Crippen molar-refractivity contribution in [3.63, 3.8) is 0 Å². The lowest BCUT2D eigenvalue weighted by molar-refractivity contribution is -0.119. The van der Waals surface area contributed by atoms with Gasteiger partial charge in [0, 0.05) is 42.8 Å². The second-order valence-corrected chi connectivity index (χ2v) is 8.91. The molecule has 9 heteroatoms. The van der Waals surface area contributed by atoms with Crippen molar-refractivity contribution in [2.45, 2.75) is 19.0 Å². The van der Waals surface area contributed by atoms with Gasteiger partial charge in [-0.25, -0.2) is 4.98 Å². The summed E-state index contributed by atoms with van der Waals surface area (Å²) in [7, 11) is 1.49. The molecule has 0 spiro atoms. The van der Waals surface area contributed by atoms with Crippen LogP contribution in [0, 0.1) is 6.92 Å². The van der Waals surface area contributed by atoms with Gasteiger partial charge in [0.15, 0.2) is 5.11 Å². The zero-order valence-corrected chi connectivity index (χ0v) is 20.8. The number of amides is 1. The fraction of sp³-hybridized carbons (Fsp3) is 0.185. The van der Waals surface area contributed by atoms with Crippen LogP contribution in [0.2, 0.25) is 0 Å². The lowest BCUT2D eigenvalue weighted by atomic mass is 10.0. The van der Waals surface area contributed by atoms with Gasteiger partial charge in [0.25, 0.3) is 0 Å². The Morgan fingerprint density at radius 2 is 1.92 bits per heavy atom. The number of thiocarbonyl (C=S) groups is 1. The predicted molar refractivity (Wildman–Crippen MR) is 143 cm³/mol. The van der Waals surface area contributed by atoms with Gasteiger partial charge in [0.05, 0.1) is 11.7 Å². The first-order chi connectivity index (χ1) is 17.5. The third-order valence-corrected chi connectivity index (χ3v) is 6.34. The van der Waals surface area contributed by atoms with Crippen LogP contribution in [0.1, 0.15) is 29.0 Å². The van der Waals surface area contributed by atoms with Gasteiger partial charge in [-0.3, -0.25) is 9.78 Å². The third kappa shape index (κ3) is 4.71. The Bertz CT molecular complexity index is 1360. The molecule has 8 nitrogen and oxygen atoms in total. The van der Waals surface area contributed by atoms with E-state index in [1.54, 1.807) is 6.20 Å². The zero-order chi connectivity index (χ0) is 25.1. The van der Waals surface area contributed by atoms with Gasteiger partial charge in [-0.15, -0.1) is 0 Å². The lowest BCUT2D eigenvalue weighted by Gasteiger charge is -2.29. The van der Waals surface area contributed by atoms with Gasteiger partial charge in [-0.2, -0.15) is 0 Å². The summed E-state index contributed by atoms with van der Waals surface area (Å²) in [6, 6.07) is 21.3. The maximum atomic E-state index is 11.9. The van der Waals surface area contributed by atoms with Crippen LogP contribution >= 0.6 is 12.2 Å². The van der Waals surface area contributed by atoms with Gasteiger partial charge in [0.1, 0.15) is 18.5 Å². The summed E-state index contributed by atoms with van der Waals surface area (Å²) in [5, 5.41) is 6.90. The SMILES string of the molecule is COCC(=O)Nc1ccc(N2C(=S)N[C@@H](c3ccccn3)[C@H]2c2cccn2-c2ccc(C)cn2)cc1. The maximum absolute atomic E-state index is 11.9. The Balaban J connectivity index is 1.55. The number of carbonyl (C=O) groups excluding carboxylic acids is 1. The number of nitrogens with one attached hydrogen (secondary N) is 2. The first-order valence-corrected chi connectivity index (χ1v) is 12.0. The summed E-state index contributed by atoms with van der Waals surface area (Å²) in [5.41, 5.74) is 4.59. The number of hydrogen-bond acceptors (Lipinski definition) is 5. The highest BCUT2D eigenvalue weighted by Gasteiger charge is 2.42. The third-order valence-electron chi connectivity index (χ3n) is 6.03. The van der Waals surface area contributed by atoms with Crippen molar-refractivity contribution < 1.29 is 9.53 Å². The molecular formula is C27H26N6O2S. The van der Waals surface area contributed by atoms with Gasteiger partial charge >= 0.3 is 0 Å². The van der Waals surface area contributed by atoms with Crippen LogP contribution in [0.25, 0.3) is 5.82 Å². The highest BCUT2D eigenvalue weighted by Crippen LogP contribution is 2.42. The average Bonchev–Trinajstić information content (AvgIpc) is 3.50. The van der Waals surface area contributed by atoms with E-state index in [0.717, 1.165) is 28.5 Å². The van der Waals surface area contributed by atoms with Crippen LogP contribution in [0.4, 0.5) is 11.4 Å². The monoisotopic (exact) mass is 498 g/mol. The van der Waals surface area contributed by atoms with Crippen LogP contribution in [0.15, 0.2) is 85.3 Å². The molecule has 0 unspecified atom stereocenters. The Morgan fingerprint density at radius 1 is 1.08 bits per heavy atom. The Hall–Kier alpha value is -4.08. The fourth-order valence-corrected chi connectivity index (χ4v) is 4.76. The van der Waals surface area contributed by atoms with Crippen molar-refractivity contribution in [1.29, 1.82) is 0 Å².